The Balaban J connectivity index is 2.02. The van der Waals surface area contributed by atoms with Crippen LogP contribution in [0.1, 0.15) is 53.3 Å². The highest BCUT2D eigenvalue weighted by molar-refractivity contribution is 6.34. The van der Waals surface area contributed by atoms with Crippen molar-refractivity contribution < 1.29 is 31.9 Å². The minimum atomic E-state index is -4.83. The van der Waals surface area contributed by atoms with Crippen LogP contribution in [0.2, 0.25) is 10.0 Å². The van der Waals surface area contributed by atoms with E-state index in [1.165, 1.54) is 12.1 Å². The summed E-state index contributed by atoms with van der Waals surface area (Å²) in [6.45, 7) is 0. The van der Waals surface area contributed by atoms with Gasteiger partial charge in [0.2, 0.25) is 0 Å². The number of nitrogens with one attached hydrogen (secondary N) is 1. The van der Waals surface area contributed by atoms with Gasteiger partial charge in [-0.15, -0.1) is 0 Å². The van der Waals surface area contributed by atoms with Crippen LogP contribution in [0.3, 0.4) is 0 Å². The number of carbonyl (C=O) groups excluding carboxylic acids is 1. The number of halogens is 7. The van der Waals surface area contributed by atoms with Gasteiger partial charge in [0.05, 0.1) is 22.2 Å². The number of nitrogens with zero attached hydrogens (tertiary/aromatic N) is 1. The van der Waals surface area contributed by atoms with Crippen LogP contribution in [-0.4, -0.2) is 27.8 Å². The number of alkyl halides is 4. The van der Waals surface area contributed by atoms with Gasteiger partial charge in [0.1, 0.15) is 17.7 Å². The molecule has 0 aliphatic heterocycles. The molecule has 1 aliphatic carbocycles. The predicted molar refractivity (Wildman–Crippen MR) is 104 cm³/mol. The van der Waals surface area contributed by atoms with E-state index in [1.807, 2.05) is 0 Å². The Morgan fingerprint density at radius 2 is 1.87 bits per heavy atom. The fourth-order valence-electron chi connectivity index (χ4n) is 3.63. The fraction of sp³-hybridized carbons (Fsp3) is 0.400. The van der Waals surface area contributed by atoms with Crippen LogP contribution in [0.5, 0.6) is 0 Å². The average Bonchev–Trinajstić information content (AvgIpc) is 2.69. The zero-order valence-electron chi connectivity index (χ0n) is 15.8. The Kier molecular flexibility index (Phi) is 6.78. The molecule has 2 N–H and O–H groups in total. The lowest BCUT2D eigenvalue weighted by molar-refractivity contribution is -0.137. The molecule has 168 valence electrons. The molecule has 1 saturated carbocycles. The van der Waals surface area contributed by atoms with Crippen LogP contribution >= 0.6 is 23.2 Å². The molecule has 31 heavy (non-hydrogen) atoms. The standard InChI is InChI=1S/C20H17Cl2F5N2O2/c21-10-1-2-14(24)12(9-10)17(19(31)6-3-11(23)4-7-19)29-18(30)16-15(22)13(5-8-28-16)20(25,26)27/h1-2,5,8-9,11,17,31H,3-4,6-7H2,(H,29,30)/t11-,17?,19+. The lowest BCUT2D eigenvalue weighted by Crippen LogP contribution is -2.49. The highest BCUT2D eigenvalue weighted by atomic mass is 35.5. The number of hydrogen-bond donors (Lipinski definition) is 2. The Morgan fingerprint density at radius 1 is 1.23 bits per heavy atom. The molecule has 1 atom stereocenters. The van der Waals surface area contributed by atoms with Gasteiger partial charge >= 0.3 is 6.18 Å². The summed E-state index contributed by atoms with van der Waals surface area (Å²) < 4.78 is 67.6. The number of amides is 1. The van der Waals surface area contributed by atoms with Crippen molar-refractivity contribution in [2.24, 2.45) is 0 Å². The van der Waals surface area contributed by atoms with Crippen LogP contribution < -0.4 is 5.32 Å². The maximum atomic E-state index is 14.6. The van der Waals surface area contributed by atoms with Gasteiger partial charge in [-0.2, -0.15) is 13.2 Å². The van der Waals surface area contributed by atoms with E-state index in [9.17, 15) is 31.9 Å². The lowest BCUT2D eigenvalue weighted by Gasteiger charge is -2.40. The van der Waals surface area contributed by atoms with Crippen LogP contribution in [-0.2, 0) is 6.18 Å². The molecule has 0 saturated heterocycles. The first kappa shape index (κ1) is 23.7. The van der Waals surface area contributed by atoms with Gasteiger partial charge in [-0.25, -0.2) is 13.8 Å². The summed E-state index contributed by atoms with van der Waals surface area (Å²) in [6, 6.07) is 2.65. The molecule has 1 unspecified atom stereocenters. The summed E-state index contributed by atoms with van der Waals surface area (Å²) >= 11 is 11.7. The Labute approximate surface area is 184 Å². The summed E-state index contributed by atoms with van der Waals surface area (Å²) in [5, 5.41) is 12.7. The van der Waals surface area contributed by atoms with Crippen LogP contribution in [0.25, 0.3) is 0 Å². The van der Waals surface area contributed by atoms with Crippen molar-refractivity contribution in [3.05, 3.63) is 63.1 Å². The van der Waals surface area contributed by atoms with E-state index in [-0.39, 0.29) is 36.3 Å². The van der Waals surface area contributed by atoms with Crippen molar-refractivity contribution in [2.45, 2.75) is 49.7 Å². The number of rotatable bonds is 4. The van der Waals surface area contributed by atoms with Crippen molar-refractivity contribution >= 4 is 29.1 Å². The predicted octanol–water partition coefficient (Wildman–Crippen LogP) is 5.66. The average molecular weight is 483 g/mol. The maximum absolute atomic E-state index is 14.6. The SMILES string of the molecule is O=C(NC(c1cc(Cl)ccc1F)[C@]1(O)CC[C@@H](F)CC1)c1nccc(C(F)(F)F)c1Cl. The monoisotopic (exact) mass is 482 g/mol. The zero-order valence-corrected chi connectivity index (χ0v) is 17.3. The van der Waals surface area contributed by atoms with Crippen molar-refractivity contribution in [3.8, 4) is 0 Å². The van der Waals surface area contributed by atoms with E-state index in [0.29, 0.717) is 6.07 Å². The number of aliphatic hydroxyl groups is 1. The molecule has 0 bridgehead atoms. The van der Waals surface area contributed by atoms with E-state index in [2.05, 4.69) is 10.3 Å². The third kappa shape index (κ3) is 5.10. The normalized spacial score (nSPS) is 22.8. The highest BCUT2D eigenvalue weighted by Crippen LogP contribution is 2.41. The smallest absolute Gasteiger partial charge is 0.387 e. The molecule has 3 rings (SSSR count). The highest BCUT2D eigenvalue weighted by Gasteiger charge is 2.44. The van der Waals surface area contributed by atoms with Gasteiger partial charge in [-0.3, -0.25) is 4.79 Å². The first-order chi connectivity index (χ1) is 14.4. The first-order valence-corrected chi connectivity index (χ1v) is 10.0. The maximum Gasteiger partial charge on any atom is 0.417 e. The summed E-state index contributed by atoms with van der Waals surface area (Å²) in [7, 11) is 0. The molecule has 2 aromatic rings. The minimum absolute atomic E-state index is 0.0341. The molecule has 1 aromatic heterocycles. The minimum Gasteiger partial charge on any atom is -0.387 e. The van der Waals surface area contributed by atoms with E-state index in [4.69, 9.17) is 23.2 Å². The fourth-order valence-corrected chi connectivity index (χ4v) is 4.11. The van der Waals surface area contributed by atoms with Gasteiger partial charge in [-0.1, -0.05) is 23.2 Å². The Morgan fingerprint density at radius 3 is 2.48 bits per heavy atom. The molecular weight excluding hydrogens is 466 g/mol. The largest absolute Gasteiger partial charge is 0.417 e. The number of aromatic nitrogens is 1. The van der Waals surface area contributed by atoms with E-state index < -0.39 is 52.0 Å². The quantitative estimate of drug-likeness (QED) is 0.552. The number of benzene rings is 1. The van der Waals surface area contributed by atoms with Gasteiger partial charge in [0.15, 0.2) is 0 Å². The first-order valence-electron chi connectivity index (χ1n) is 9.26. The molecule has 1 fully saturated rings. The summed E-state index contributed by atoms with van der Waals surface area (Å²) in [5.41, 5.74) is -3.97. The molecule has 4 nitrogen and oxygen atoms in total. The molecule has 1 aromatic carbocycles. The van der Waals surface area contributed by atoms with E-state index in [0.717, 1.165) is 12.3 Å². The second kappa shape index (κ2) is 8.88. The van der Waals surface area contributed by atoms with E-state index >= 15 is 0 Å². The number of hydrogen-bond acceptors (Lipinski definition) is 3. The Bertz CT molecular complexity index is 979. The number of carbonyl (C=O) groups is 1. The third-order valence-corrected chi connectivity index (χ3v) is 5.89. The molecule has 0 radical (unpaired) electrons. The molecule has 1 aliphatic rings. The zero-order chi connectivity index (χ0) is 23.0. The molecular formula is C20H17Cl2F5N2O2. The van der Waals surface area contributed by atoms with Crippen LogP contribution in [0.4, 0.5) is 22.0 Å². The molecule has 11 heteroatoms. The van der Waals surface area contributed by atoms with Gasteiger partial charge in [-0.05, 0) is 49.9 Å². The van der Waals surface area contributed by atoms with Crippen LogP contribution in [0, 0.1) is 5.82 Å². The van der Waals surface area contributed by atoms with E-state index in [1.54, 1.807) is 0 Å². The summed E-state index contributed by atoms with van der Waals surface area (Å²) in [5.74, 6) is -1.97. The van der Waals surface area contributed by atoms with Crippen molar-refractivity contribution in [2.75, 3.05) is 0 Å². The topological polar surface area (TPSA) is 62.2 Å². The van der Waals surface area contributed by atoms with Gasteiger partial charge in [0, 0.05) is 16.8 Å². The van der Waals surface area contributed by atoms with Crippen molar-refractivity contribution in [1.82, 2.24) is 10.3 Å². The number of pyridine rings is 1. The van der Waals surface area contributed by atoms with Crippen molar-refractivity contribution in [1.29, 1.82) is 0 Å². The molecule has 0 spiro atoms. The second-order valence-electron chi connectivity index (χ2n) is 7.37. The van der Waals surface area contributed by atoms with Crippen molar-refractivity contribution in [3.63, 3.8) is 0 Å². The summed E-state index contributed by atoms with van der Waals surface area (Å²) in [6.07, 6.45) is -5.53. The Hall–Kier alpha value is -1.97. The second-order valence-corrected chi connectivity index (χ2v) is 8.18. The van der Waals surface area contributed by atoms with Gasteiger partial charge < -0.3 is 10.4 Å². The van der Waals surface area contributed by atoms with Gasteiger partial charge in [0.25, 0.3) is 5.91 Å². The van der Waals surface area contributed by atoms with Crippen LogP contribution in [0.15, 0.2) is 30.5 Å². The lowest BCUT2D eigenvalue weighted by atomic mass is 9.76. The molecule has 1 amide bonds. The third-order valence-electron chi connectivity index (χ3n) is 5.27. The summed E-state index contributed by atoms with van der Waals surface area (Å²) in [4.78, 5) is 16.4. The molecule has 1 heterocycles.